The number of carbonyl (C=O) groups is 2. The first-order valence-corrected chi connectivity index (χ1v) is 10.8. The number of hydrogen-bond acceptors (Lipinski definition) is 4. The molecule has 5 nitrogen and oxygen atoms in total. The van der Waals surface area contributed by atoms with Gasteiger partial charge in [0.15, 0.2) is 0 Å². The molecule has 1 fully saturated rings. The second-order valence-corrected chi connectivity index (χ2v) is 8.01. The second-order valence-electron chi connectivity index (χ2n) is 7.57. The van der Waals surface area contributed by atoms with Crippen LogP contribution < -0.4 is 9.64 Å². The van der Waals surface area contributed by atoms with Crippen molar-refractivity contribution < 1.29 is 23.8 Å². The van der Waals surface area contributed by atoms with E-state index >= 15 is 0 Å². The average Bonchev–Trinajstić information content (AvgIpc) is 3.09. The molecule has 4 rings (SSSR count). The van der Waals surface area contributed by atoms with E-state index < -0.39 is 23.5 Å². The molecule has 168 valence electrons. The number of aliphatic hydroxyl groups excluding tert-OH is 1. The Bertz CT molecular complexity index is 1220. The Morgan fingerprint density at radius 3 is 2.42 bits per heavy atom. The number of rotatable bonds is 6. The zero-order valence-corrected chi connectivity index (χ0v) is 18.6. The fourth-order valence-corrected chi connectivity index (χ4v) is 3.90. The van der Waals surface area contributed by atoms with Crippen LogP contribution in [0.4, 0.5) is 10.1 Å². The summed E-state index contributed by atoms with van der Waals surface area (Å²) in [5, 5.41) is 11.7. The minimum absolute atomic E-state index is 0.0887. The third kappa shape index (κ3) is 4.47. The summed E-state index contributed by atoms with van der Waals surface area (Å²) < 4.78 is 19.3. The minimum atomic E-state index is -0.952. The minimum Gasteiger partial charge on any atom is -0.507 e. The maximum atomic E-state index is 13.6. The summed E-state index contributed by atoms with van der Waals surface area (Å²) in [7, 11) is 0. The molecule has 1 N–H and O–H groups in total. The van der Waals surface area contributed by atoms with Crippen LogP contribution in [0, 0.1) is 5.82 Å². The Morgan fingerprint density at radius 1 is 1.06 bits per heavy atom. The van der Waals surface area contributed by atoms with Gasteiger partial charge in [-0.1, -0.05) is 42.8 Å². The first kappa shape index (κ1) is 22.6. The average molecular weight is 466 g/mol. The van der Waals surface area contributed by atoms with E-state index in [1.165, 1.54) is 29.2 Å². The molecule has 1 aliphatic rings. The molecular formula is C26H21ClFNO4. The summed E-state index contributed by atoms with van der Waals surface area (Å²) >= 11 is 5.99. The van der Waals surface area contributed by atoms with Gasteiger partial charge in [-0.15, -0.1) is 0 Å². The Morgan fingerprint density at radius 2 is 1.76 bits per heavy atom. The standard InChI is InChI=1S/C26H21ClFNO4/c1-2-14-33-21-5-3-4-17(15-21)24(30)22-23(16-6-10-19(28)11-7-16)29(26(32)25(22)31)20-12-8-18(27)9-13-20/h3-13,15,23,30H,2,14H2,1H3/b24-22-. The lowest BCUT2D eigenvalue weighted by molar-refractivity contribution is -0.132. The Labute approximate surface area is 195 Å². The maximum absolute atomic E-state index is 13.6. The van der Waals surface area contributed by atoms with Crippen molar-refractivity contribution in [2.45, 2.75) is 19.4 Å². The molecule has 3 aromatic rings. The van der Waals surface area contributed by atoms with Gasteiger partial charge in [0, 0.05) is 16.3 Å². The third-order valence-electron chi connectivity index (χ3n) is 5.32. The fourth-order valence-electron chi connectivity index (χ4n) is 3.77. The number of benzene rings is 3. The monoisotopic (exact) mass is 465 g/mol. The number of ether oxygens (including phenoxy) is 1. The molecule has 1 aliphatic heterocycles. The molecule has 0 aliphatic carbocycles. The number of nitrogens with zero attached hydrogens (tertiary/aromatic N) is 1. The zero-order valence-electron chi connectivity index (χ0n) is 17.8. The predicted molar refractivity (Wildman–Crippen MR) is 125 cm³/mol. The number of hydrogen-bond donors (Lipinski definition) is 1. The lowest BCUT2D eigenvalue weighted by Gasteiger charge is -2.25. The smallest absolute Gasteiger partial charge is 0.300 e. The van der Waals surface area contributed by atoms with Gasteiger partial charge in [-0.3, -0.25) is 14.5 Å². The summed E-state index contributed by atoms with van der Waals surface area (Å²) in [4.78, 5) is 27.5. The van der Waals surface area contributed by atoms with Crippen LogP contribution in [0.3, 0.4) is 0 Å². The number of anilines is 1. The highest BCUT2D eigenvalue weighted by Crippen LogP contribution is 2.42. The number of halogens is 2. The SMILES string of the molecule is CCCOc1cccc(/C(O)=C2/C(=O)C(=O)N(c3ccc(Cl)cc3)C2c2ccc(F)cc2)c1. The first-order valence-electron chi connectivity index (χ1n) is 10.5. The third-order valence-corrected chi connectivity index (χ3v) is 5.57. The van der Waals surface area contributed by atoms with E-state index in [-0.39, 0.29) is 11.3 Å². The topological polar surface area (TPSA) is 66.8 Å². The normalized spacial score (nSPS) is 17.4. The molecule has 7 heteroatoms. The van der Waals surface area contributed by atoms with E-state index in [9.17, 15) is 19.1 Å². The van der Waals surface area contributed by atoms with E-state index in [4.69, 9.17) is 16.3 Å². The van der Waals surface area contributed by atoms with Gasteiger partial charge in [0.25, 0.3) is 11.7 Å². The van der Waals surface area contributed by atoms with Gasteiger partial charge >= 0.3 is 0 Å². The van der Waals surface area contributed by atoms with Crippen LogP contribution in [-0.4, -0.2) is 23.4 Å². The van der Waals surface area contributed by atoms with Crippen LogP contribution in [-0.2, 0) is 9.59 Å². The number of amides is 1. The molecule has 0 bridgehead atoms. The van der Waals surface area contributed by atoms with Crippen LogP contribution in [0.2, 0.25) is 5.02 Å². The number of aliphatic hydroxyl groups is 1. The van der Waals surface area contributed by atoms with Crippen molar-refractivity contribution in [1.29, 1.82) is 0 Å². The number of carbonyl (C=O) groups excluding carboxylic acids is 2. The molecule has 1 unspecified atom stereocenters. The summed E-state index contributed by atoms with van der Waals surface area (Å²) in [6.45, 7) is 2.48. The molecule has 0 radical (unpaired) electrons. The van der Waals surface area contributed by atoms with E-state index in [1.54, 1.807) is 48.5 Å². The molecule has 0 spiro atoms. The van der Waals surface area contributed by atoms with E-state index in [0.29, 0.717) is 34.2 Å². The predicted octanol–water partition coefficient (Wildman–Crippen LogP) is 5.89. The lowest BCUT2D eigenvalue weighted by atomic mass is 9.95. The van der Waals surface area contributed by atoms with Gasteiger partial charge in [-0.05, 0) is 60.5 Å². The highest BCUT2D eigenvalue weighted by Gasteiger charge is 2.47. The first-order chi connectivity index (χ1) is 15.9. The van der Waals surface area contributed by atoms with Gasteiger partial charge in [-0.25, -0.2) is 4.39 Å². The van der Waals surface area contributed by atoms with Crippen molar-refractivity contribution in [1.82, 2.24) is 0 Å². The van der Waals surface area contributed by atoms with Crippen molar-refractivity contribution in [3.8, 4) is 5.75 Å². The molecule has 1 saturated heterocycles. The van der Waals surface area contributed by atoms with Crippen molar-refractivity contribution >= 4 is 34.7 Å². The van der Waals surface area contributed by atoms with Gasteiger partial charge in [0.1, 0.15) is 17.3 Å². The quantitative estimate of drug-likeness (QED) is 0.280. The van der Waals surface area contributed by atoms with Crippen molar-refractivity contribution in [3.63, 3.8) is 0 Å². The molecular weight excluding hydrogens is 445 g/mol. The summed E-state index contributed by atoms with van der Waals surface area (Å²) in [5.41, 5.74) is 1.15. The maximum Gasteiger partial charge on any atom is 0.300 e. The van der Waals surface area contributed by atoms with Gasteiger partial charge in [-0.2, -0.15) is 0 Å². The Kier molecular flexibility index (Phi) is 6.47. The van der Waals surface area contributed by atoms with Gasteiger partial charge in [0.05, 0.1) is 18.2 Å². The highest BCUT2D eigenvalue weighted by atomic mass is 35.5. The molecule has 3 aromatic carbocycles. The van der Waals surface area contributed by atoms with Crippen molar-refractivity contribution in [2.75, 3.05) is 11.5 Å². The van der Waals surface area contributed by atoms with Crippen LogP contribution in [0.1, 0.15) is 30.5 Å². The highest BCUT2D eigenvalue weighted by molar-refractivity contribution is 6.51. The Balaban J connectivity index is 1.88. The number of Topliss-reactive ketones (excluding diaryl/α,β-unsaturated/α-hetero) is 1. The largest absolute Gasteiger partial charge is 0.507 e. The summed E-state index contributed by atoms with van der Waals surface area (Å²) in [6.07, 6.45) is 0.812. The molecule has 0 aromatic heterocycles. The second kappa shape index (κ2) is 9.46. The number of ketones is 1. The summed E-state index contributed by atoms with van der Waals surface area (Å²) in [5.74, 6) is -1.89. The molecule has 1 heterocycles. The van der Waals surface area contributed by atoms with Crippen molar-refractivity contribution in [3.05, 3.63) is 100 Å². The molecule has 1 amide bonds. The van der Waals surface area contributed by atoms with Crippen LogP contribution in [0.25, 0.3) is 5.76 Å². The van der Waals surface area contributed by atoms with Gasteiger partial charge in [0.2, 0.25) is 0 Å². The van der Waals surface area contributed by atoms with Crippen LogP contribution >= 0.6 is 11.6 Å². The molecule has 0 saturated carbocycles. The van der Waals surface area contributed by atoms with Gasteiger partial charge < -0.3 is 9.84 Å². The summed E-state index contributed by atoms with van der Waals surface area (Å²) in [6, 6.07) is 17.6. The van der Waals surface area contributed by atoms with Crippen LogP contribution in [0.15, 0.2) is 78.4 Å². The van der Waals surface area contributed by atoms with E-state index in [1.807, 2.05) is 6.92 Å². The zero-order chi connectivity index (χ0) is 23.5. The van der Waals surface area contributed by atoms with Crippen molar-refractivity contribution in [2.24, 2.45) is 0 Å². The van der Waals surface area contributed by atoms with Crippen LogP contribution in [0.5, 0.6) is 5.75 Å². The van der Waals surface area contributed by atoms with E-state index in [2.05, 4.69) is 0 Å². The Hall–Kier alpha value is -3.64. The molecule has 1 atom stereocenters. The lowest BCUT2D eigenvalue weighted by Crippen LogP contribution is -2.29. The van der Waals surface area contributed by atoms with E-state index in [0.717, 1.165) is 6.42 Å². The molecule has 33 heavy (non-hydrogen) atoms. The fraction of sp³-hybridized carbons (Fsp3) is 0.154.